The van der Waals surface area contributed by atoms with Gasteiger partial charge in [0.1, 0.15) is 10.0 Å². The monoisotopic (exact) mass is 776 g/mol. The lowest BCUT2D eigenvalue weighted by atomic mass is 9.97. The van der Waals surface area contributed by atoms with E-state index in [1.165, 1.54) is 9.40 Å². The van der Waals surface area contributed by atoms with Crippen LogP contribution >= 0.6 is 44.3 Å². The Bertz CT molecular complexity index is 1780. The van der Waals surface area contributed by atoms with Crippen molar-refractivity contribution in [3.05, 3.63) is 119 Å². The van der Waals surface area contributed by atoms with Crippen molar-refractivity contribution >= 4 is 92.2 Å². The maximum absolute atomic E-state index is 6.38. The van der Waals surface area contributed by atoms with Gasteiger partial charge in [0.25, 0.3) is 0 Å². The highest BCUT2D eigenvalue weighted by Gasteiger charge is 2.49. The molecule has 50 heavy (non-hydrogen) atoms. The zero-order valence-corrected chi connectivity index (χ0v) is 34.6. The molecule has 0 N–H and O–H groups in total. The SMILES string of the molecule is CO[Si](CC(C)(CSSCC(C)(C[Si](OC)(OC)c1ccccc1)c1nc2ccccc2s1)c1nc2ccccc2s1)(OC)c1ccccc1. The Labute approximate surface area is 313 Å². The van der Waals surface area contributed by atoms with Crippen molar-refractivity contribution in [3.63, 3.8) is 0 Å². The lowest BCUT2D eigenvalue weighted by Gasteiger charge is -2.38. The van der Waals surface area contributed by atoms with E-state index in [-0.39, 0.29) is 10.8 Å². The van der Waals surface area contributed by atoms with E-state index in [0.717, 1.165) is 55.0 Å². The lowest BCUT2D eigenvalue weighted by Crippen LogP contribution is -2.56. The van der Waals surface area contributed by atoms with E-state index in [0.29, 0.717) is 0 Å². The highest BCUT2D eigenvalue weighted by molar-refractivity contribution is 8.76. The third kappa shape index (κ3) is 7.70. The molecule has 0 saturated heterocycles. The standard InChI is InChI=1S/C38H44N2O4S4Si2/c1-37(35-39-31-21-13-15-23-33(31)47-35,27-49(41-3,42-4)29-17-9-7-10-18-29)25-45-46-26-38(2,36-40-32-22-14-16-24-34(32)48-36)28-50(43-5,44-6)30-19-11-8-12-20-30/h7-24H,25-28H2,1-6H3. The van der Waals surface area contributed by atoms with E-state index in [9.17, 15) is 0 Å². The van der Waals surface area contributed by atoms with Gasteiger partial charge in [0.05, 0.1) is 20.4 Å². The largest absolute Gasteiger partial charge is 0.394 e. The predicted octanol–water partition coefficient (Wildman–Crippen LogP) is 8.79. The minimum atomic E-state index is -2.83. The van der Waals surface area contributed by atoms with Crippen molar-refractivity contribution in [2.45, 2.75) is 36.8 Å². The summed E-state index contributed by atoms with van der Waals surface area (Å²) < 4.78 is 27.9. The number of hydrogen-bond acceptors (Lipinski definition) is 10. The summed E-state index contributed by atoms with van der Waals surface area (Å²) in [5, 5.41) is 4.47. The number of rotatable bonds is 17. The normalized spacial score (nSPS) is 14.9. The van der Waals surface area contributed by atoms with Gasteiger partial charge in [-0.2, -0.15) is 0 Å². The van der Waals surface area contributed by atoms with Gasteiger partial charge in [-0.25, -0.2) is 9.97 Å². The van der Waals surface area contributed by atoms with Crippen molar-refractivity contribution in [2.24, 2.45) is 0 Å². The van der Waals surface area contributed by atoms with E-state index in [4.69, 9.17) is 27.7 Å². The van der Waals surface area contributed by atoms with Crippen LogP contribution in [0.1, 0.15) is 23.9 Å². The van der Waals surface area contributed by atoms with Gasteiger partial charge in [-0.3, -0.25) is 0 Å². The van der Waals surface area contributed by atoms with Crippen LogP contribution in [-0.4, -0.2) is 67.0 Å². The van der Waals surface area contributed by atoms with Gasteiger partial charge in [0, 0.05) is 62.9 Å². The van der Waals surface area contributed by atoms with Crippen LogP contribution in [0.25, 0.3) is 20.4 Å². The van der Waals surface area contributed by atoms with Crippen molar-refractivity contribution in [2.75, 3.05) is 39.9 Å². The van der Waals surface area contributed by atoms with Crippen LogP contribution in [0.4, 0.5) is 0 Å². The molecule has 0 saturated carbocycles. The fraction of sp³-hybridized carbons (Fsp3) is 0.316. The highest BCUT2D eigenvalue weighted by Crippen LogP contribution is 2.46. The molecule has 2 aromatic heterocycles. The maximum Gasteiger partial charge on any atom is 0.373 e. The summed E-state index contributed by atoms with van der Waals surface area (Å²) in [5.74, 6) is 1.66. The van der Waals surface area contributed by atoms with Gasteiger partial charge in [0.15, 0.2) is 0 Å². The van der Waals surface area contributed by atoms with E-state index in [1.807, 2.05) is 33.7 Å². The summed E-state index contributed by atoms with van der Waals surface area (Å²) in [6.45, 7) is 4.66. The van der Waals surface area contributed by atoms with Crippen LogP contribution in [0.15, 0.2) is 109 Å². The molecule has 2 unspecified atom stereocenters. The van der Waals surface area contributed by atoms with Crippen LogP contribution in [0.5, 0.6) is 0 Å². The fourth-order valence-electron chi connectivity index (χ4n) is 6.52. The molecule has 0 spiro atoms. The zero-order valence-electron chi connectivity index (χ0n) is 29.4. The Kier molecular flexibility index (Phi) is 12.1. The molecule has 0 aliphatic carbocycles. The minimum Gasteiger partial charge on any atom is -0.394 e. The molecule has 0 aliphatic rings. The van der Waals surface area contributed by atoms with Crippen molar-refractivity contribution in [3.8, 4) is 0 Å². The molecule has 0 amide bonds. The van der Waals surface area contributed by atoms with Gasteiger partial charge >= 0.3 is 17.1 Å². The quantitative estimate of drug-likeness (QED) is 0.0518. The molecule has 6 rings (SSSR count). The summed E-state index contributed by atoms with van der Waals surface area (Å²) in [7, 11) is 5.30. The number of nitrogens with zero attached hydrogens (tertiary/aromatic N) is 2. The Balaban J connectivity index is 1.32. The van der Waals surface area contributed by atoms with E-state index >= 15 is 0 Å². The maximum atomic E-state index is 6.38. The molecule has 2 heterocycles. The van der Waals surface area contributed by atoms with E-state index in [1.54, 1.807) is 51.1 Å². The molecule has 0 aliphatic heterocycles. The molecule has 2 atom stereocenters. The van der Waals surface area contributed by atoms with E-state index < -0.39 is 17.1 Å². The molecule has 0 bridgehead atoms. The van der Waals surface area contributed by atoms with Crippen molar-refractivity contribution in [1.82, 2.24) is 9.97 Å². The fourth-order valence-corrected chi connectivity index (χ4v) is 19.1. The minimum absolute atomic E-state index is 0.316. The first kappa shape index (κ1) is 37.4. The second-order valence-electron chi connectivity index (χ2n) is 13.0. The number of thiazole rings is 2. The molecule has 0 radical (unpaired) electrons. The van der Waals surface area contributed by atoms with Gasteiger partial charge in [-0.05, 0) is 34.6 Å². The van der Waals surface area contributed by atoms with Crippen molar-refractivity contribution < 1.29 is 17.7 Å². The molecular weight excluding hydrogens is 733 g/mol. The Hall–Kier alpha value is -2.37. The van der Waals surface area contributed by atoms with Gasteiger partial charge in [-0.15, -0.1) is 22.7 Å². The third-order valence-electron chi connectivity index (χ3n) is 9.45. The second kappa shape index (κ2) is 16.1. The summed E-state index contributed by atoms with van der Waals surface area (Å²) in [6, 6.07) is 39.2. The number of fused-ring (bicyclic) bond motifs is 2. The topological polar surface area (TPSA) is 62.7 Å². The summed E-state index contributed by atoms with van der Waals surface area (Å²) in [5.41, 5.74) is 1.43. The molecular formula is C38H44N2O4S4Si2. The number of hydrogen-bond donors (Lipinski definition) is 0. The molecule has 6 aromatic rings. The summed E-state index contributed by atoms with van der Waals surface area (Å²) in [6.07, 6.45) is 0. The Morgan fingerprint density at radius 3 is 1.20 bits per heavy atom. The van der Waals surface area contributed by atoms with Crippen LogP contribution in [0.2, 0.25) is 12.1 Å². The third-order valence-corrected chi connectivity index (χ3v) is 22.6. The van der Waals surface area contributed by atoms with Crippen molar-refractivity contribution in [1.29, 1.82) is 0 Å². The molecule has 4 aromatic carbocycles. The summed E-state index contributed by atoms with van der Waals surface area (Å²) >= 11 is 3.55. The molecule has 6 nitrogen and oxygen atoms in total. The summed E-state index contributed by atoms with van der Waals surface area (Å²) in [4.78, 5) is 10.4. The molecule has 12 heteroatoms. The molecule has 262 valence electrons. The number of para-hydroxylation sites is 2. The first-order chi connectivity index (χ1) is 24.2. The van der Waals surface area contributed by atoms with Crippen LogP contribution < -0.4 is 10.4 Å². The smallest absolute Gasteiger partial charge is 0.373 e. The second-order valence-corrected chi connectivity index (χ2v) is 24.1. The van der Waals surface area contributed by atoms with E-state index in [2.05, 4.69) is 111 Å². The predicted molar refractivity (Wildman–Crippen MR) is 220 cm³/mol. The molecule has 0 fully saturated rings. The van der Waals surface area contributed by atoms with Crippen LogP contribution in [0.3, 0.4) is 0 Å². The Morgan fingerprint density at radius 2 is 0.860 bits per heavy atom. The first-order valence-corrected chi connectivity index (χ1v) is 24.7. The Morgan fingerprint density at radius 1 is 0.520 bits per heavy atom. The van der Waals surface area contributed by atoms with Crippen LogP contribution in [0, 0.1) is 0 Å². The number of aromatic nitrogens is 2. The first-order valence-electron chi connectivity index (χ1n) is 16.5. The van der Waals surface area contributed by atoms with Gasteiger partial charge in [0.2, 0.25) is 0 Å². The van der Waals surface area contributed by atoms with Gasteiger partial charge in [-0.1, -0.05) is 120 Å². The average Bonchev–Trinajstić information content (AvgIpc) is 3.82. The average molecular weight is 777 g/mol. The lowest BCUT2D eigenvalue weighted by molar-refractivity contribution is 0.247. The van der Waals surface area contributed by atoms with Crippen LogP contribution in [-0.2, 0) is 28.5 Å². The highest BCUT2D eigenvalue weighted by atomic mass is 33.1. The number of benzene rings is 4. The van der Waals surface area contributed by atoms with Gasteiger partial charge < -0.3 is 17.7 Å². The zero-order chi connectivity index (χ0) is 35.2.